The zero-order valence-electron chi connectivity index (χ0n) is 19.1. The van der Waals surface area contributed by atoms with Gasteiger partial charge in [-0.05, 0) is 50.1 Å². The Morgan fingerprint density at radius 2 is 1.66 bits per heavy atom. The van der Waals surface area contributed by atoms with E-state index in [9.17, 15) is 27.6 Å². The molecule has 11 heteroatoms. The number of fused-ring (bicyclic) bond motifs is 1. The van der Waals surface area contributed by atoms with Crippen LogP contribution in [-0.4, -0.2) is 62.2 Å². The molecular weight excluding hydrogens is 474 g/mol. The van der Waals surface area contributed by atoms with Gasteiger partial charge in [0.25, 0.3) is 21.9 Å². The number of carbonyl (C=O) groups is 4. The number of rotatable bonds is 5. The van der Waals surface area contributed by atoms with Gasteiger partial charge < -0.3 is 4.90 Å². The van der Waals surface area contributed by atoms with Crippen LogP contribution in [0.15, 0.2) is 41.3 Å². The summed E-state index contributed by atoms with van der Waals surface area (Å²) in [4.78, 5) is 52.3. The summed E-state index contributed by atoms with van der Waals surface area (Å²) in [5.74, 6) is -2.26. The van der Waals surface area contributed by atoms with E-state index in [1.807, 2.05) is 11.8 Å². The van der Waals surface area contributed by atoms with Crippen molar-refractivity contribution in [2.75, 3.05) is 18.0 Å². The SMILES string of the molecule is Cc1ccc(S(=O)(=O)OC2CN(c3ccc4c(c3)C(=O)N(C3CCC(=O)NC3=O)C4=O)C2)c(C)c1. The van der Waals surface area contributed by atoms with Crippen molar-refractivity contribution < 1.29 is 31.8 Å². The molecule has 3 aliphatic heterocycles. The summed E-state index contributed by atoms with van der Waals surface area (Å²) in [5, 5.41) is 2.17. The lowest BCUT2D eigenvalue weighted by Gasteiger charge is -2.40. The zero-order valence-corrected chi connectivity index (χ0v) is 19.9. The molecular formula is C24H23N3O7S. The summed E-state index contributed by atoms with van der Waals surface area (Å²) in [6.07, 6.45) is -0.413. The monoisotopic (exact) mass is 497 g/mol. The molecule has 35 heavy (non-hydrogen) atoms. The predicted molar refractivity (Wildman–Crippen MR) is 123 cm³/mol. The Morgan fingerprint density at radius 3 is 2.34 bits per heavy atom. The number of hydrogen-bond donors (Lipinski definition) is 1. The molecule has 4 amide bonds. The average Bonchev–Trinajstić information content (AvgIpc) is 3.00. The van der Waals surface area contributed by atoms with Crippen molar-refractivity contribution in [1.82, 2.24) is 10.2 Å². The molecule has 2 aromatic carbocycles. The standard InChI is InChI=1S/C24H23N3O7S/c1-13-3-7-20(14(2)9-13)35(32,33)34-16-11-26(12-16)15-4-5-17-18(10-15)24(31)27(23(17)30)19-6-8-21(28)25-22(19)29/h3-5,7,9-10,16,19H,6,8,11-12H2,1-2H3,(H,25,28,29). The third-order valence-corrected chi connectivity index (χ3v) is 8.02. The number of nitrogens with zero attached hydrogens (tertiary/aromatic N) is 2. The van der Waals surface area contributed by atoms with Gasteiger partial charge in [0.2, 0.25) is 11.8 Å². The Bertz CT molecular complexity index is 1400. The lowest BCUT2D eigenvalue weighted by Crippen LogP contribution is -2.54. The van der Waals surface area contributed by atoms with E-state index in [1.54, 1.807) is 31.2 Å². The maximum absolute atomic E-state index is 13.0. The molecule has 3 aliphatic rings. The lowest BCUT2D eigenvalue weighted by atomic mass is 10.0. The Morgan fingerprint density at radius 1 is 0.943 bits per heavy atom. The van der Waals surface area contributed by atoms with Gasteiger partial charge in [0.15, 0.2) is 0 Å². The number of anilines is 1. The summed E-state index contributed by atoms with van der Waals surface area (Å²) in [7, 11) is -3.92. The smallest absolute Gasteiger partial charge is 0.297 e. The number of piperidine rings is 1. The molecule has 10 nitrogen and oxygen atoms in total. The molecule has 0 aromatic heterocycles. The van der Waals surface area contributed by atoms with Crippen LogP contribution in [0.4, 0.5) is 5.69 Å². The molecule has 182 valence electrons. The molecule has 0 radical (unpaired) electrons. The second-order valence-electron chi connectivity index (χ2n) is 9.02. The Labute approximate surface area is 202 Å². The first-order valence-electron chi connectivity index (χ1n) is 11.2. The van der Waals surface area contributed by atoms with Crippen molar-refractivity contribution in [3.05, 3.63) is 58.7 Å². The fourth-order valence-corrected chi connectivity index (χ4v) is 5.95. The van der Waals surface area contributed by atoms with Gasteiger partial charge in [-0.3, -0.25) is 33.6 Å². The second kappa shape index (κ2) is 8.28. The summed E-state index contributed by atoms with van der Waals surface area (Å²) in [5.41, 5.74) is 2.57. The van der Waals surface area contributed by atoms with Crippen molar-refractivity contribution in [1.29, 1.82) is 0 Å². The van der Waals surface area contributed by atoms with Gasteiger partial charge in [0.1, 0.15) is 12.1 Å². The molecule has 0 aliphatic carbocycles. The number of carbonyl (C=O) groups excluding carboxylic acids is 4. The van der Waals surface area contributed by atoms with E-state index in [1.165, 1.54) is 12.1 Å². The summed E-state index contributed by atoms with van der Waals surface area (Å²) in [6, 6.07) is 8.77. The quantitative estimate of drug-likeness (QED) is 0.483. The molecule has 2 saturated heterocycles. The van der Waals surface area contributed by atoms with E-state index in [2.05, 4.69) is 5.32 Å². The molecule has 0 spiro atoms. The van der Waals surface area contributed by atoms with Crippen LogP contribution in [0.1, 0.15) is 44.7 Å². The van der Waals surface area contributed by atoms with E-state index in [-0.39, 0.29) is 28.9 Å². The third kappa shape index (κ3) is 4.00. The van der Waals surface area contributed by atoms with Crippen molar-refractivity contribution >= 4 is 39.4 Å². The topological polar surface area (TPSA) is 130 Å². The largest absolute Gasteiger partial charge is 0.366 e. The van der Waals surface area contributed by atoms with Crippen molar-refractivity contribution in [2.24, 2.45) is 0 Å². The maximum Gasteiger partial charge on any atom is 0.297 e. The maximum atomic E-state index is 13.0. The highest BCUT2D eigenvalue weighted by Gasteiger charge is 2.45. The number of nitrogens with one attached hydrogen (secondary N) is 1. The molecule has 2 fully saturated rings. The van der Waals surface area contributed by atoms with Crippen molar-refractivity contribution in [3.8, 4) is 0 Å². The highest BCUT2D eigenvalue weighted by molar-refractivity contribution is 7.86. The number of hydrogen-bond acceptors (Lipinski definition) is 8. The van der Waals surface area contributed by atoms with Crippen LogP contribution in [0, 0.1) is 13.8 Å². The van der Waals surface area contributed by atoms with Gasteiger partial charge >= 0.3 is 0 Å². The number of benzene rings is 2. The van der Waals surface area contributed by atoms with Crippen LogP contribution >= 0.6 is 0 Å². The van der Waals surface area contributed by atoms with Crippen LogP contribution < -0.4 is 10.2 Å². The van der Waals surface area contributed by atoms with Crippen LogP contribution in [0.25, 0.3) is 0 Å². The normalized spacial score (nSPS) is 20.7. The van der Waals surface area contributed by atoms with Crippen LogP contribution in [0.2, 0.25) is 0 Å². The van der Waals surface area contributed by atoms with E-state index < -0.39 is 45.9 Å². The second-order valence-corrected chi connectivity index (χ2v) is 10.6. The van der Waals surface area contributed by atoms with Gasteiger partial charge in [-0.15, -0.1) is 0 Å². The van der Waals surface area contributed by atoms with E-state index in [0.717, 1.165) is 10.5 Å². The minimum absolute atomic E-state index is 0.0508. The first-order valence-corrected chi connectivity index (χ1v) is 12.6. The zero-order chi connectivity index (χ0) is 25.1. The lowest BCUT2D eigenvalue weighted by molar-refractivity contribution is -0.136. The Balaban J connectivity index is 1.28. The third-order valence-electron chi connectivity index (χ3n) is 6.50. The molecule has 1 atom stereocenters. The molecule has 1 unspecified atom stereocenters. The average molecular weight is 498 g/mol. The van der Waals surface area contributed by atoms with Crippen LogP contribution in [0.5, 0.6) is 0 Å². The molecule has 2 aromatic rings. The molecule has 5 rings (SSSR count). The Kier molecular flexibility index (Phi) is 5.48. The highest BCUT2D eigenvalue weighted by Crippen LogP contribution is 2.33. The van der Waals surface area contributed by atoms with E-state index in [0.29, 0.717) is 24.3 Å². The van der Waals surface area contributed by atoms with Crippen molar-refractivity contribution in [2.45, 2.75) is 43.7 Å². The molecule has 1 N–H and O–H groups in total. The number of imide groups is 2. The first-order chi connectivity index (χ1) is 16.5. The first kappa shape index (κ1) is 23.2. The Hall–Kier alpha value is -3.57. The van der Waals surface area contributed by atoms with Gasteiger partial charge in [-0.1, -0.05) is 17.7 Å². The molecule has 0 saturated carbocycles. The minimum Gasteiger partial charge on any atom is -0.366 e. The summed E-state index contributed by atoms with van der Waals surface area (Å²) < 4.78 is 30.8. The minimum atomic E-state index is -3.92. The highest BCUT2D eigenvalue weighted by atomic mass is 32.2. The fraction of sp³-hybridized carbons (Fsp3) is 0.333. The van der Waals surface area contributed by atoms with Crippen LogP contribution in [-0.2, 0) is 23.9 Å². The summed E-state index contributed by atoms with van der Waals surface area (Å²) >= 11 is 0. The van der Waals surface area contributed by atoms with Gasteiger partial charge in [0.05, 0.1) is 16.0 Å². The van der Waals surface area contributed by atoms with E-state index >= 15 is 0 Å². The van der Waals surface area contributed by atoms with Crippen molar-refractivity contribution in [3.63, 3.8) is 0 Å². The predicted octanol–water partition coefficient (Wildman–Crippen LogP) is 1.30. The molecule has 3 heterocycles. The molecule has 0 bridgehead atoms. The van der Waals surface area contributed by atoms with Gasteiger partial charge in [0, 0.05) is 25.2 Å². The fourth-order valence-electron chi connectivity index (χ4n) is 4.68. The van der Waals surface area contributed by atoms with Gasteiger partial charge in [-0.2, -0.15) is 8.42 Å². The van der Waals surface area contributed by atoms with Gasteiger partial charge in [-0.25, -0.2) is 0 Å². The van der Waals surface area contributed by atoms with Crippen LogP contribution in [0.3, 0.4) is 0 Å². The number of amides is 4. The summed E-state index contributed by atoms with van der Waals surface area (Å²) in [6.45, 7) is 4.19. The van der Waals surface area contributed by atoms with E-state index in [4.69, 9.17) is 4.18 Å². The number of aryl methyl sites for hydroxylation is 2.